The second-order valence-electron chi connectivity index (χ2n) is 9.58. The van der Waals surface area contributed by atoms with E-state index in [1.54, 1.807) is 6.07 Å². The molecular formula is C25H29ClNNaO5S2. The van der Waals surface area contributed by atoms with Gasteiger partial charge < -0.3 is 4.55 Å². The van der Waals surface area contributed by atoms with Gasteiger partial charge in [-0.25, -0.2) is 21.6 Å². The van der Waals surface area contributed by atoms with E-state index in [9.17, 15) is 21.4 Å². The van der Waals surface area contributed by atoms with Crippen LogP contribution in [0, 0.1) is 5.41 Å². The molecule has 0 unspecified atom stereocenters. The molecule has 0 atom stereocenters. The summed E-state index contributed by atoms with van der Waals surface area (Å²) in [5.74, 6) is 0.250. The summed E-state index contributed by atoms with van der Waals surface area (Å²) in [5.41, 5.74) is 2.49. The predicted molar refractivity (Wildman–Crippen MR) is 134 cm³/mol. The van der Waals surface area contributed by atoms with E-state index in [1.807, 2.05) is 45.9 Å². The van der Waals surface area contributed by atoms with Crippen molar-refractivity contribution in [3.05, 3.63) is 70.7 Å². The van der Waals surface area contributed by atoms with Gasteiger partial charge in [-0.1, -0.05) is 63.6 Å². The van der Waals surface area contributed by atoms with Crippen LogP contribution in [0.25, 0.3) is 11.1 Å². The van der Waals surface area contributed by atoms with Gasteiger partial charge in [0.05, 0.1) is 9.79 Å². The van der Waals surface area contributed by atoms with Crippen LogP contribution in [0.2, 0.25) is 5.02 Å². The average molecular weight is 546 g/mol. The number of fused-ring (bicyclic) bond motifs is 1. The molecule has 0 aliphatic heterocycles. The van der Waals surface area contributed by atoms with E-state index in [-0.39, 0.29) is 51.8 Å². The number of halogens is 1. The summed E-state index contributed by atoms with van der Waals surface area (Å²) < 4.78 is 63.6. The molecule has 184 valence electrons. The molecule has 35 heavy (non-hydrogen) atoms. The summed E-state index contributed by atoms with van der Waals surface area (Å²) in [7, 11) is -8.33. The van der Waals surface area contributed by atoms with Crippen molar-refractivity contribution < 1.29 is 50.9 Å². The van der Waals surface area contributed by atoms with E-state index in [2.05, 4.69) is 4.72 Å². The number of aryl methyl sites for hydroxylation is 1. The molecule has 3 rings (SSSR count). The third-order valence-corrected chi connectivity index (χ3v) is 8.51. The zero-order valence-corrected chi connectivity index (χ0v) is 25.0. The maximum absolute atomic E-state index is 12.6. The molecule has 1 aromatic rings. The van der Waals surface area contributed by atoms with E-state index in [0.717, 1.165) is 16.7 Å². The molecule has 0 saturated heterocycles. The zero-order valence-electron chi connectivity index (χ0n) is 20.6. The molecule has 6 nitrogen and oxygen atoms in total. The van der Waals surface area contributed by atoms with Crippen molar-refractivity contribution in [3.63, 3.8) is 0 Å². The van der Waals surface area contributed by atoms with E-state index in [1.165, 1.54) is 30.3 Å². The molecule has 0 radical (unpaired) electrons. The fraction of sp³-hybridized carbons (Fsp3) is 0.360. The Morgan fingerprint density at radius 2 is 1.51 bits per heavy atom. The molecular weight excluding hydrogens is 517 g/mol. The van der Waals surface area contributed by atoms with Gasteiger partial charge in [-0.05, 0) is 76.8 Å². The third kappa shape index (κ3) is 7.76. The maximum Gasteiger partial charge on any atom is 1.00 e. The van der Waals surface area contributed by atoms with Crippen LogP contribution in [-0.4, -0.2) is 27.9 Å². The Balaban J connectivity index is 0.00000432. The average Bonchev–Trinajstić information content (AvgIpc) is 2.94. The Morgan fingerprint density at radius 1 is 0.943 bits per heavy atom. The van der Waals surface area contributed by atoms with Crippen LogP contribution in [0.1, 0.15) is 51.2 Å². The van der Waals surface area contributed by atoms with Gasteiger partial charge in [0.25, 0.3) is 0 Å². The van der Waals surface area contributed by atoms with Crippen molar-refractivity contribution in [1.82, 2.24) is 4.72 Å². The molecule has 0 spiro atoms. The molecule has 0 amide bonds. The van der Waals surface area contributed by atoms with Crippen molar-refractivity contribution in [3.8, 4) is 11.1 Å². The second-order valence-corrected chi connectivity index (χ2v) is 13.1. The fourth-order valence-electron chi connectivity index (χ4n) is 3.75. The van der Waals surface area contributed by atoms with E-state index < -0.39 is 25.6 Å². The molecule has 1 N–H and O–H groups in total. The van der Waals surface area contributed by atoms with E-state index in [4.69, 9.17) is 11.6 Å². The number of hydrogen-bond donors (Lipinski definition) is 1. The Bertz CT molecular complexity index is 1350. The summed E-state index contributed by atoms with van der Waals surface area (Å²) in [6.07, 6.45) is 1.06. The van der Waals surface area contributed by atoms with Gasteiger partial charge in [0.2, 0.25) is 10.0 Å². The number of sulfonamides is 1. The van der Waals surface area contributed by atoms with Crippen LogP contribution in [0.15, 0.2) is 64.4 Å². The van der Waals surface area contributed by atoms with Crippen molar-refractivity contribution in [2.24, 2.45) is 5.41 Å². The van der Waals surface area contributed by atoms with Gasteiger partial charge >= 0.3 is 29.6 Å². The van der Waals surface area contributed by atoms with Gasteiger partial charge in [-0.2, -0.15) is 0 Å². The largest absolute Gasteiger partial charge is 1.00 e. The summed E-state index contributed by atoms with van der Waals surface area (Å²) in [6, 6.07) is 14.8. The standard InChI is InChI=1S/C25H30ClNO5S2.Na/c1-17(2)18-5-11-22-19(15-24(34(30,31)32)23(22)12-6-18)13-14-25(3,4)16-27-33(28,29)21-9-7-20(26)8-10-21;/h5-12,15,17,27H,13-14,16H2,1-4H3,(H,30,31,32);/q;+1/p-1. The molecule has 0 heterocycles. The third-order valence-electron chi connectivity index (χ3n) is 5.96. The summed E-state index contributed by atoms with van der Waals surface area (Å²) >= 11 is 5.84. The molecule has 2 aliphatic carbocycles. The quantitative estimate of drug-likeness (QED) is 0.328. The number of benzene rings is 1. The Kier molecular flexibility index (Phi) is 10.0. The number of nitrogens with one attached hydrogen (secondary N) is 1. The van der Waals surface area contributed by atoms with Crippen LogP contribution in [-0.2, 0) is 26.6 Å². The number of rotatable bonds is 9. The first-order valence-corrected chi connectivity index (χ1v) is 14.2. The molecule has 0 aromatic heterocycles. The normalized spacial score (nSPS) is 12.7. The van der Waals surface area contributed by atoms with Crippen LogP contribution < -0.4 is 34.3 Å². The van der Waals surface area contributed by atoms with Gasteiger partial charge in [0, 0.05) is 11.6 Å². The van der Waals surface area contributed by atoms with Gasteiger partial charge in [-0.3, -0.25) is 0 Å². The molecule has 0 bridgehead atoms. The first-order chi connectivity index (χ1) is 15.7. The van der Waals surface area contributed by atoms with Gasteiger partial charge in [0.15, 0.2) is 0 Å². The van der Waals surface area contributed by atoms with Crippen molar-refractivity contribution in [2.75, 3.05) is 6.54 Å². The number of hydrogen-bond acceptors (Lipinski definition) is 5. The van der Waals surface area contributed by atoms with Crippen LogP contribution in [0.3, 0.4) is 0 Å². The van der Waals surface area contributed by atoms with Crippen LogP contribution in [0.5, 0.6) is 0 Å². The summed E-state index contributed by atoms with van der Waals surface area (Å²) in [6.45, 7) is 8.14. The fourth-order valence-corrected chi connectivity index (χ4v) is 5.85. The molecule has 1 aromatic carbocycles. The monoisotopic (exact) mass is 545 g/mol. The second kappa shape index (κ2) is 11.6. The molecule has 0 saturated carbocycles. The minimum atomic E-state index is -4.64. The van der Waals surface area contributed by atoms with Crippen molar-refractivity contribution in [2.45, 2.75) is 56.2 Å². The van der Waals surface area contributed by atoms with Gasteiger partial charge in [0.1, 0.15) is 10.1 Å². The first kappa shape index (κ1) is 30.3. The van der Waals surface area contributed by atoms with Crippen molar-refractivity contribution >= 4 is 31.7 Å². The maximum atomic E-state index is 12.6. The van der Waals surface area contributed by atoms with E-state index >= 15 is 0 Å². The molecule has 10 heteroatoms. The zero-order chi connectivity index (χ0) is 25.3. The first-order valence-electron chi connectivity index (χ1n) is 11.0. The molecule has 0 fully saturated rings. The molecule has 2 aliphatic rings. The van der Waals surface area contributed by atoms with Gasteiger partial charge in [-0.15, -0.1) is 0 Å². The van der Waals surface area contributed by atoms with Crippen LogP contribution in [0.4, 0.5) is 0 Å². The smallest absolute Gasteiger partial charge is 0.744 e. The topological polar surface area (TPSA) is 103 Å². The summed E-state index contributed by atoms with van der Waals surface area (Å²) in [4.78, 5) is -0.0851. The Labute approximate surface area is 235 Å². The summed E-state index contributed by atoms with van der Waals surface area (Å²) in [5, 5.41) is 0.453. The Hall–Kier alpha value is -0.970. The SMILES string of the molecule is CC(C)c1ccc2c(CCC(C)(C)CNS(=O)(=O)c3ccc(Cl)cc3)cc(S(=O)(=O)[O-])c-2cc1.[Na+]. The van der Waals surface area contributed by atoms with E-state index in [0.29, 0.717) is 23.4 Å². The minimum absolute atomic E-state index is 0. The van der Waals surface area contributed by atoms with Crippen LogP contribution >= 0.6 is 11.6 Å². The predicted octanol–water partition coefficient (Wildman–Crippen LogP) is 2.41. The minimum Gasteiger partial charge on any atom is -0.744 e. The van der Waals surface area contributed by atoms with Crippen molar-refractivity contribution in [1.29, 1.82) is 0 Å². The Morgan fingerprint density at radius 3 is 2.06 bits per heavy atom.